The molecule has 0 atom stereocenters. The summed E-state index contributed by atoms with van der Waals surface area (Å²) in [4.78, 5) is 0. The Labute approximate surface area is 61.8 Å². The Morgan fingerprint density at radius 2 is 2.00 bits per heavy atom. The van der Waals surface area contributed by atoms with E-state index in [1.807, 2.05) is 0 Å². The second-order valence-electron chi connectivity index (χ2n) is 2.28. The van der Waals surface area contributed by atoms with Gasteiger partial charge in [0, 0.05) is 6.04 Å². The maximum Gasteiger partial charge on any atom is 0.00447 e. The van der Waals surface area contributed by atoms with Crippen molar-refractivity contribution in [2.45, 2.75) is 18.9 Å². The molecule has 0 spiro atoms. The summed E-state index contributed by atoms with van der Waals surface area (Å²) in [6.07, 6.45) is 2.40. The highest BCUT2D eigenvalue weighted by molar-refractivity contribution is 7.80. The topological polar surface area (TPSA) is 26.0 Å². The Balaban J connectivity index is 0.000000490. The van der Waals surface area contributed by atoms with E-state index in [-0.39, 0.29) is 12.4 Å². The lowest BCUT2D eigenvalue weighted by atomic mass is 9.82. The van der Waals surface area contributed by atoms with Crippen molar-refractivity contribution in [1.29, 1.82) is 0 Å². The van der Waals surface area contributed by atoms with E-state index < -0.39 is 0 Å². The molecule has 0 unspecified atom stereocenters. The smallest absolute Gasteiger partial charge is 0.00447 e. The van der Waals surface area contributed by atoms with E-state index in [9.17, 15) is 0 Å². The van der Waals surface area contributed by atoms with Crippen molar-refractivity contribution in [3.8, 4) is 0 Å². The minimum Gasteiger partial charge on any atom is -0.328 e. The summed E-state index contributed by atoms with van der Waals surface area (Å²) in [6, 6.07) is 0.497. The second kappa shape index (κ2) is 3.59. The van der Waals surface area contributed by atoms with Crippen molar-refractivity contribution < 1.29 is 0 Å². The van der Waals surface area contributed by atoms with Crippen LogP contribution in [0.1, 0.15) is 12.8 Å². The fraction of sp³-hybridized carbons (Fsp3) is 1.00. The number of halogens is 1. The molecule has 0 amide bonds. The first-order valence-electron chi connectivity index (χ1n) is 2.69. The van der Waals surface area contributed by atoms with E-state index in [2.05, 4.69) is 12.6 Å². The van der Waals surface area contributed by atoms with Crippen molar-refractivity contribution in [2.75, 3.05) is 5.75 Å². The van der Waals surface area contributed by atoms with Crippen molar-refractivity contribution in [3.05, 3.63) is 0 Å². The lowest BCUT2D eigenvalue weighted by molar-refractivity contribution is 0.296. The van der Waals surface area contributed by atoms with E-state index in [1.54, 1.807) is 0 Å². The van der Waals surface area contributed by atoms with Gasteiger partial charge in [-0.3, -0.25) is 0 Å². The molecule has 0 aromatic rings. The molecule has 0 aromatic heterocycles. The third kappa shape index (κ3) is 1.84. The molecule has 0 heterocycles. The van der Waals surface area contributed by atoms with Gasteiger partial charge in [-0.25, -0.2) is 0 Å². The van der Waals surface area contributed by atoms with E-state index in [1.165, 1.54) is 12.8 Å². The number of rotatable bonds is 1. The second-order valence-corrected chi connectivity index (χ2v) is 2.65. The molecule has 1 nitrogen and oxygen atoms in total. The predicted octanol–water partition coefficient (Wildman–Crippen LogP) is 1.08. The van der Waals surface area contributed by atoms with Crippen LogP contribution < -0.4 is 5.73 Å². The Morgan fingerprint density at radius 1 is 1.50 bits per heavy atom. The lowest BCUT2D eigenvalue weighted by Crippen LogP contribution is -2.36. The van der Waals surface area contributed by atoms with E-state index >= 15 is 0 Å². The van der Waals surface area contributed by atoms with Gasteiger partial charge >= 0.3 is 0 Å². The first kappa shape index (κ1) is 8.60. The third-order valence-electron chi connectivity index (χ3n) is 1.53. The molecule has 1 aliphatic carbocycles. The third-order valence-corrected chi connectivity index (χ3v) is 2.05. The maximum atomic E-state index is 5.51. The number of nitrogens with two attached hydrogens (primary N) is 1. The van der Waals surface area contributed by atoms with Crippen molar-refractivity contribution in [1.82, 2.24) is 0 Å². The van der Waals surface area contributed by atoms with E-state index in [0.29, 0.717) is 6.04 Å². The van der Waals surface area contributed by atoms with Gasteiger partial charge in [0.05, 0.1) is 0 Å². The van der Waals surface area contributed by atoms with Gasteiger partial charge in [-0.2, -0.15) is 12.6 Å². The van der Waals surface area contributed by atoms with Gasteiger partial charge < -0.3 is 5.73 Å². The van der Waals surface area contributed by atoms with Gasteiger partial charge in [0.25, 0.3) is 0 Å². The summed E-state index contributed by atoms with van der Waals surface area (Å²) in [7, 11) is 0. The molecule has 3 heteroatoms. The number of hydrogen-bond donors (Lipinski definition) is 2. The lowest BCUT2D eigenvalue weighted by Gasteiger charge is -2.30. The molecule has 1 fully saturated rings. The van der Waals surface area contributed by atoms with Gasteiger partial charge in [-0.1, -0.05) is 0 Å². The van der Waals surface area contributed by atoms with Crippen LogP contribution in [-0.2, 0) is 0 Å². The molecule has 0 radical (unpaired) electrons. The molecule has 0 aromatic carbocycles. The predicted molar refractivity (Wildman–Crippen MR) is 41.8 cm³/mol. The van der Waals surface area contributed by atoms with Crippen molar-refractivity contribution >= 4 is 25.0 Å². The average Bonchev–Trinajstić information content (AvgIpc) is 1.58. The fourth-order valence-electron chi connectivity index (χ4n) is 0.936. The molecule has 1 aliphatic rings. The SMILES string of the molecule is Cl.NC1CC(CS)C1. The van der Waals surface area contributed by atoms with Crippen LogP contribution in [0.15, 0.2) is 0 Å². The van der Waals surface area contributed by atoms with Crippen LogP contribution in [0.25, 0.3) is 0 Å². The van der Waals surface area contributed by atoms with Gasteiger partial charge in [-0.15, -0.1) is 12.4 Å². The zero-order valence-corrected chi connectivity index (χ0v) is 6.42. The summed E-state index contributed by atoms with van der Waals surface area (Å²) < 4.78 is 0. The minimum absolute atomic E-state index is 0. The molecule has 0 bridgehead atoms. The summed E-state index contributed by atoms with van der Waals surface area (Å²) in [5.41, 5.74) is 5.51. The molecule has 50 valence electrons. The van der Waals surface area contributed by atoms with Crippen LogP contribution in [0, 0.1) is 5.92 Å². The summed E-state index contributed by atoms with van der Waals surface area (Å²) in [5.74, 6) is 1.85. The Hall–Kier alpha value is 0.600. The van der Waals surface area contributed by atoms with Crippen molar-refractivity contribution in [2.24, 2.45) is 11.7 Å². The van der Waals surface area contributed by atoms with Crippen LogP contribution in [0.2, 0.25) is 0 Å². The zero-order valence-electron chi connectivity index (χ0n) is 4.71. The van der Waals surface area contributed by atoms with Crippen LogP contribution in [-0.4, -0.2) is 11.8 Å². The summed E-state index contributed by atoms with van der Waals surface area (Å²) >= 11 is 4.13. The van der Waals surface area contributed by atoms with Crippen LogP contribution in [0.3, 0.4) is 0 Å². The quantitative estimate of drug-likeness (QED) is 0.542. The van der Waals surface area contributed by atoms with Crippen LogP contribution >= 0.6 is 25.0 Å². The number of hydrogen-bond acceptors (Lipinski definition) is 2. The first-order chi connectivity index (χ1) is 3.33. The van der Waals surface area contributed by atoms with Gasteiger partial charge in [-0.05, 0) is 24.5 Å². The fourth-order valence-corrected chi connectivity index (χ4v) is 1.23. The molecule has 8 heavy (non-hydrogen) atoms. The highest BCUT2D eigenvalue weighted by Crippen LogP contribution is 2.25. The van der Waals surface area contributed by atoms with E-state index in [4.69, 9.17) is 5.73 Å². The Bertz CT molecular complexity index is 63.4. The summed E-state index contributed by atoms with van der Waals surface area (Å²) in [5, 5.41) is 0. The molecular weight excluding hydrogens is 142 g/mol. The minimum atomic E-state index is 0. The van der Waals surface area contributed by atoms with Crippen molar-refractivity contribution in [3.63, 3.8) is 0 Å². The maximum absolute atomic E-state index is 5.51. The molecule has 2 N–H and O–H groups in total. The molecule has 1 rings (SSSR count). The van der Waals surface area contributed by atoms with Gasteiger partial charge in [0.2, 0.25) is 0 Å². The van der Waals surface area contributed by atoms with Crippen LogP contribution in [0.4, 0.5) is 0 Å². The summed E-state index contributed by atoms with van der Waals surface area (Å²) in [6.45, 7) is 0. The standard InChI is InChI=1S/C5H11NS.ClH/c6-5-1-4(2-5)3-7;/h4-5,7H,1-3,6H2;1H. The Morgan fingerprint density at radius 3 is 2.12 bits per heavy atom. The largest absolute Gasteiger partial charge is 0.328 e. The Kier molecular flexibility index (Phi) is 3.86. The highest BCUT2D eigenvalue weighted by atomic mass is 35.5. The van der Waals surface area contributed by atoms with Gasteiger partial charge in [0.15, 0.2) is 0 Å². The molecular formula is C5H12ClNS. The first-order valence-corrected chi connectivity index (χ1v) is 3.32. The molecule has 1 saturated carbocycles. The molecule has 0 saturated heterocycles. The average molecular weight is 154 g/mol. The normalized spacial score (nSPS) is 35.2. The van der Waals surface area contributed by atoms with Crippen LogP contribution in [0.5, 0.6) is 0 Å². The van der Waals surface area contributed by atoms with Gasteiger partial charge in [0.1, 0.15) is 0 Å². The monoisotopic (exact) mass is 153 g/mol. The highest BCUT2D eigenvalue weighted by Gasteiger charge is 2.23. The zero-order chi connectivity index (χ0) is 5.28. The van der Waals surface area contributed by atoms with E-state index in [0.717, 1.165) is 11.7 Å². The molecule has 0 aliphatic heterocycles. The number of thiol groups is 1.